The van der Waals surface area contributed by atoms with Crippen LogP contribution in [0.15, 0.2) is 41.6 Å². The number of hydrogen-bond donors (Lipinski definition) is 0. The molecule has 1 aliphatic carbocycles. The smallest absolute Gasteiger partial charge is 0.275 e. The van der Waals surface area contributed by atoms with Crippen LogP contribution in [0.25, 0.3) is 5.69 Å². The van der Waals surface area contributed by atoms with Crippen molar-refractivity contribution in [2.75, 3.05) is 13.1 Å². The Bertz CT molecular complexity index is 1380. The van der Waals surface area contributed by atoms with Gasteiger partial charge in [-0.05, 0) is 44.5 Å². The van der Waals surface area contributed by atoms with Gasteiger partial charge in [-0.2, -0.15) is 0 Å². The van der Waals surface area contributed by atoms with Crippen LogP contribution in [0.3, 0.4) is 0 Å². The van der Waals surface area contributed by atoms with E-state index in [4.69, 9.17) is 4.74 Å². The maximum Gasteiger partial charge on any atom is 0.275 e. The highest BCUT2D eigenvalue weighted by atomic mass is 19.1. The molecule has 8 heteroatoms. The molecular weight excluding hydrogens is 411 g/mol. The molecule has 2 aliphatic heterocycles. The minimum absolute atomic E-state index is 0.169. The van der Waals surface area contributed by atoms with Crippen LogP contribution in [-0.2, 0) is 12.0 Å². The fourth-order valence-corrected chi connectivity index (χ4v) is 5.40. The molecule has 2 atom stereocenters. The van der Waals surface area contributed by atoms with Gasteiger partial charge in [0.05, 0.1) is 17.4 Å². The summed E-state index contributed by atoms with van der Waals surface area (Å²) in [4.78, 5) is 32.4. The lowest BCUT2D eigenvalue weighted by atomic mass is 9.91. The van der Waals surface area contributed by atoms with Crippen LogP contribution < -0.4 is 10.3 Å². The van der Waals surface area contributed by atoms with E-state index in [9.17, 15) is 14.0 Å². The van der Waals surface area contributed by atoms with Gasteiger partial charge in [0.1, 0.15) is 28.5 Å². The third kappa shape index (κ3) is 2.43. The lowest BCUT2D eigenvalue weighted by molar-refractivity contribution is 0.0666. The van der Waals surface area contributed by atoms with Gasteiger partial charge in [-0.1, -0.05) is 0 Å². The molecule has 6 rings (SSSR count). The Morgan fingerprint density at radius 3 is 2.75 bits per heavy atom. The first-order valence-electron chi connectivity index (χ1n) is 10.8. The van der Waals surface area contributed by atoms with Crippen LogP contribution in [0.2, 0.25) is 0 Å². The predicted molar refractivity (Wildman–Crippen MR) is 115 cm³/mol. The molecule has 0 unspecified atom stereocenters. The van der Waals surface area contributed by atoms with E-state index < -0.39 is 5.60 Å². The molecule has 1 aromatic carbocycles. The van der Waals surface area contributed by atoms with Gasteiger partial charge in [-0.3, -0.25) is 9.59 Å². The monoisotopic (exact) mass is 434 g/mol. The fraction of sp³-hybridized carbons (Fsp3) is 0.375. The SMILES string of the molecule is Cc1cn(-c2ccc3n(c2=O)CCN(C[C@@]24C[C@]2(C)Oc2cc(F)c(C)cc24)C3=O)cn1. The van der Waals surface area contributed by atoms with E-state index in [-0.39, 0.29) is 22.7 Å². The standard InChI is InChI=1S/C24H23FN4O3/c1-14-8-16-20(9-17(14)25)32-23(3)11-24(16,23)12-27-6-7-29-19(21(27)30)5-4-18(22(29)31)28-10-15(2)26-13-28/h4-5,8-10,13H,6-7,11-12H2,1-3H3/t23-,24+/m0/s1. The summed E-state index contributed by atoms with van der Waals surface area (Å²) in [6, 6.07) is 6.70. The topological polar surface area (TPSA) is 69.4 Å². The van der Waals surface area contributed by atoms with Gasteiger partial charge in [0.25, 0.3) is 11.5 Å². The molecule has 0 spiro atoms. The molecule has 32 heavy (non-hydrogen) atoms. The predicted octanol–water partition coefficient (Wildman–Crippen LogP) is 2.74. The lowest BCUT2D eigenvalue weighted by Crippen LogP contribution is -2.48. The summed E-state index contributed by atoms with van der Waals surface area (Å²) >= 11 is 0. The molecule has 7 nitrogen and oxygen atoms in total. The number of nitrogens with zero attached hydrogens (tertiary/aromatic N) is 4. The van der Waals surface area contributed by atoms with Gasteiger partial charge >= 0.3 is 0 Å². The molecule has 0 N–H and O–H groups in total. The number of fused-ring (bicyclic) bond motifs is 4. The van der Waals surface area contributed by atoms with Gasteiger partial charge < -0.3 is 18.8 Å². The van der Waals surface area contributed by atoms with E-state index in [0.29, 0.717) is 42.3 Å². The zero-order valence-electron chi connectivity index (χ0n) is 18.2. The van der Waals surface area contributed by atoms with E-state index >= 15 is 0 Å². The summed E-state index contributed by atoms with van der Waals surface area (Å²) in [5.74, 6) is 0.121. The number of benzene rings is 1. The molecule has 1 amide bonds. The Balaban J connectivity index is 1.33. The number of amides is 1. The van der Waals surface area contributed by atoms with Crippen LogP contribution >= 0.6 is 0 Å². The quantitative estimate of drug-likeness (QED) is 0.636. The highest BCUT2D eigenvalue weighted by Crippen LogP contribution is 2.67. The molecule has 0 saturated heterocycles. The zero-order chi connectivity index (χ0) is 22.4. The zero-order valence-corrected chi connectivity index (χ0v) is 18.2. The number of pyridine rings is 1. The maximum atomic E-state index is 14.1. The van der Waals surface area contributed by atoms with Crippen molar-refractivity contribution >= 4 is 5.91 Å². The van der Waals surface area contributed by atoms with Crippen LogP contribution in [0, 0.1) is 19.7 Å². The van der Waals surface area contributed by atoms with Crippen LogP contribution in [0.1, 0.15) is 40.7 Å². The number of carbonyl (C=O) groups is 1. The molecule has 2 aromatic heterocycles. The van der Waals surface area contributed by atoms with Crippen molar-refractivity contribution in [3.8, 4) is 11.4 Å². The van der Waals surface area contributed by atoms with Crippen molar-refractivity contribution in [3.63, 3.8) is 0 Å². The van der Waals surface area contributed by atoms with Crippen molar-refractivity contribution < 1.29 is 13.9 Å². The second-order valence-corrected chi connectivity index (χ2v) is 9.40. The number of imidazole rings is 1. The normalized spacial score (nSPS) is 25.2. The van der Waals surface area contributed by atoms with E-state index in [1.165, 1.54) is 6.07 Å². The Kier molecular flexibility index (Phi) is 3.67. The number of carbonyl (C=O) groups excluding carboxylic acids is 1. The van der Waals surface area contributed by atoms with E-state index in [2.05, 4.69) is 4.98 Å². The van der Waals surface area contributed by atoms with Crippen molar-refractivity contribution in [3.05, 3.63) is 75.5 Å². The van der Waals surface area contributed by atoms with Crippen LogP contribution in [0.4, 0.5) is 4.39 Å². The summed E-state index contributed by atoms with van der Waals surface area (Å²) in [6.45, 7) is 6.97. The molecule has 3 aliphatic rings. The van der Waals surface area contributed by atoms with E-state index in [1.54, 1.807) is 45.6 Å². The first-order valence-corrected chi connectivity index (χ1v) is 10.8. The molecule has 4 heterocycles. The summed E-state index contributed by atoms with van der Waals surface area (Å²) in [5.41, 5.74) is 2.24. The van der Waals surface area contributed by atoms with Crippen molar-refractivity contribution in [2.24, 2.45) is 0 Å². The second-order valence-electron chi connectivity index (χ2n) is 9.40. The number of rotatable bonds is 3. The average molecular weight is 434 g/mol. The molecule has 1 saturated carbocycles. The molecule has 0 radical (unpaired) electrons. The van der Waals surface area contributed by atoms with E-state index in [1.807, 2.05) is 19.9 Å². The first-order chi connectivity index (χ1) is 15.2. The summed E-state index contributed by atoms with van der Waals surface area (Å²) in [7, 11) is 0. The van der Waals surface area contributed by atoms with Gasteiger partial charge in [0.15, 0.2) is 0 Å². The summed E-state index contributed by atoms with van der Waals surface area (Å²) < 4.78 is 23.4. The minimum Gasteiger partial charge on any atom is -0.486 e. The Hall–Kier alpha value is -3.42. The Morgan fingerprint density at radius 2 is 2.00 bits per heavy atom. The average Bonchev–Trinajstić information content (AvgIpc) is 3.00. The summed E-state index contributed by atoms with van der Waals surface area (Å²) in [5, 5.41) is 0. The summed E-state index contributed by atoms with van der Waals surface area (Å²) in [6.07, 6.45) is 4.18. The van der Waals surface area contributed by atoms with E-state index in [0.717, 1.165) is 17.7 Å². The second kappa shape index (κ2) is 6.09. The Morgan fingerprint density at radius 1 is 1.19 bits per heavy atom. The third-order valence-electron chi connectivity index (χ3n) is 7.34. The van der Waals surface area contributed by atoms with Crippen LogP contribution in [0.5, 0.6) is 5.75 Å². The largest absolute Gasteiger partial charge is 0.486 e. The fourth-order valence-electron chi connectivity index (χ4n) is 5.40. The number of ether oxygens (including phenoxy) is 1. The lowest BCUT2D eigenvalue weighted by Gasteiger charge is -2.32. The van der Waals surface area contributed by atoms with Gasteiger partial charge in [-0.25, -0.2) is 9.37 Å². The highest BCUT2D eigenvalue weighted by molar-refractivity contribution is 5.93. The molecule has 164 valence electrons. The highest BCUT2D eigenvalue weighted by Gasteiger charge is 2.73. The third-order valence-corrected chi connectivity index (χ3v) is 7.34. The molecule has 1 fully saturated rings. The number of hydrogen-bond acceptors (Lipinski definition) is 4. The number of halogens is 1. The minimum atomic E-state index is -0.434. The number of aryl methyl sites for hydroxylation is 2. The number of aromatic nitrogens is 3. The van der Waals surface area contributed by atoms with Gasteiger partial charge in [0.2, 0.25) is 0 Å². The Labute approximate surface area is 184 Å². The first kappa shape index (κ1) is 19.3. The van der Waals surface area contributed by atoms with Crippen molar-refractivity contribution in [1.29, 1.82) is 0 Å². The molecule has 0 bridgehead atoms. The van der Waals surface area contributed by atoms with Gasteiger partial charge in [0, 0.05) is 43.9 Å². The van der Waals surface area contributed by atoms with Gasteiger partial charge in [-0.15, -0.1) is 0 Å². The molecule has 3 aromatic rings. The van der Waals surface area contributed by atoms with Crippen LogP contribution in [-0.4, -0.2) is 43.6 Å². The molecular formula is C24H23FN4O3. The maximum absolute atomic E-state index is 14.1. The van der Waals surface area contributed by atoms with Crippen molar-refractivity contribution in [2.45, 2.75) is 44.8 Å². The van der Waals surface area contributed by atoms with Crippen molar-refractivity contribution in [1.82, 2.24) is 19.0 Å².